The van der Waals surface area contributed by atoms with Crippen LogP contribution in [0, 0.1) is 0 Å². The molecular weight excluding hydrogens is 350 g/mol. The van der Waals surface area contributed by atoms with Crippen LogP contribution in [0.2, 0.25) is 5.02 Å². The molecule has 3 amide bonds. The van der Waals surface area contributed by atoms with E-state index in [0.717, 1.165) is 10.7 Å². The topological polar surface area (TPSA) is 78.4 Å². The van der Waals surface area contributed by atoms with E-state index in [4.69, 9.17) is 11.6 Å². The SMILES string of the molecule is CN(C)C(=O)Nc1nnc(C2CC(=O)N(c3ccc(Cl)cc3)C2)s1. The average molecular weight is 366 g/mol. The van der Waals surface area contributed by atoms with E-state index in [2.05, 4.69) is 15.5 Å². The van der Waals surface area contributed by atoms with E-state index in [1.54, 1.807) is 31.1 Å². The Labute approximate surface area is 148 Å². The second kappa shape index (κ2) is 6.74. The van der Waals surface area contributed by atoms with Crippen molar-refractivity contribution in [2.45, 2.75) is 12.3 Å². The molecule has 0 spiro atoms. The van der Waals surface area contributed by atoms with Crippen molar-refractivity contribution in [3.63, 3.8) is 0 Å². The molecule has 2 heterocycles. The van der Waals surface area contributed by atoms with E-state index in [0.29, 0.717) is 23.1 Å². The summed E-state index contributed by atoms with van der Waals surface area (Å²) in [5.74, 6) is 0.00656. The highest BCUT2D eigenvalue weighted by Crippen LogP contribution is 2.34. The van der Waals surface area contributed by atoms with Crippen LogP contribution in [0.3, 0.4) is 0 Å². The van der Waals surface area contributed by atoms with Crippen LogP contribution in [0.4, 0.5) is 15.6 Å². The second-order valence-corrected chi connectivity index (χ2v) is 7.10. The lowest BCUT2D eigenvalue weighted by atomic mass is 10.1. The normalized spacial score (nSPS) is 17.2. The molecule has 0 radical (unpaired) electrons. The lowest BCUT2D eigenvalue weighted by Gasteiger charge is -2.16. The fraction of sp³-hybridized carbons (Fsp3) is 0.333. The van der Waals surface area contributed by atoms with Gasteiger partial charge in [0.25, 0.3) is 0 Å². The molecule has 1 atom stereocenters. The highest BCUT2D eigenvalue weighted by Gasteiger charge is 2.34. The molecular formula is C15H16ClN5O2S. The first-order valence-electron chi connectivity index (χ1n) is 7.31. The molecule has 9 heteroatoms. The standard InChI is InChI=1S/C15H16ClN5O2S/c1-20(2)15(23)17-14-19-18-13(24-14)9-7-12(22)21(8-9)11-5-3-10(16)4-6-11/h3-6,9H,7-8H2,1-2H3,(H,17,19,23). The first-order valence-corrected chi connectivity index (χ1v) is 8.51. The van der Waals surface area contributed by atoms with Gasteiger partial charge in [-0.1, -0.05) is 22.9 Å². The van der Waals surface area contributed by atoms with Gasteiger partial charge in [-0.05, 0) is 24.3 Å². The second-order valence-electron chi connectivity index (χ2n) is 5.65. The van der Waals surface area contributed by atoms with Crippen LogP contribution in [0.15, 0.2) is 24.3 Å². The van der Waals surface area contributed by atoms with Gasteiger partial charge >= 0.3 is 6.03 Å². The van der Waals surface area contributed by atoms with Crippen molar-refractivity contribution >= 4 is 45.7 Å². The van der Waals surface area contributed by atoms with Crippen LogP contribution in [0.1, 0.15) is 17.3 Å². The fourth-order valence-corrected chi connectivity index (χ4v) is 3.35. The summed E-state index contributed by atoms with van der Waals surface area (Å²) >= 11 is 7.18. The Morgan fingerprint density at radius 1 is 1.33 bits per heavy atom. The summed E-state index contributed by atoms with van der Waals surface area (Å²) in [7, 11) is 3.30. The van der Waals surface area contributed by atoms with E-state index in [1.165, 1.54) is 16.2 Å². The summed E-state index contributed by atoms with van der Waals surface area (Å²) < 4.78 is 0. The van der Waals surface area contributed by atoms with Crippen LogP contribution in [0.25, 0.3) is 0 Å². The van der Waals surface area contributed by atoms with E-state index in [9.17, 15) is 9.59 Å². The Bertz CT molecular complexity index is 761. The summed E-state index contributed by atoms with van der Waals surface area (Å²) in [5.41, 5.74) is 0.817. The molecule has 0 aliphatic carbocycles. The minimum absolute atomic E-state index is 0.0318. The maximum atomic E-state index is 12.3. The van der Waals surface area contributed by atoms with Crippen molar-refractivity contribution in [1.29, 1.82) is 0 Å². The lowest BCUT2D eigenvalue weighted by Crippen LogP contribution is -2.27. The Hall–Kier alpha value is -2.19. The summed E-state index contributed by atoms with van der Waals surface area (Å²) in [5, 5.41) is 12.6. The zero-order valence-corrected chi connectivity index (χ0v) is 14.8. The molecule has 1 aliphatic heterocycles. The molecule has 1 aliphatic rings. The summed E-state index contributed by atoms with van der Waals surface area (Å²) in [6.45, 7) is 0.538. The number of anilines is 2. The molecule has 126 valence electrons. The predicted molar refractivity (Wildman–Crippen MR) is 93.8 cm³/mol. The Morgan fingerprint density at radius 2 is 2.04 bits per heavy atom. The van der Waals surface area contributed by atoms with E-state index in [1.807, 2.05) is 12.1 Å². The number of hydrogen-bond acceptors (Lipinski definition) is 5. The van der Waals surface area contributed by atoms with Crippen LogP contribution in [-0.2, 0) is 4.79 Å². The zero-order chi connectivity index (χ0) is 17.3. The molecule has 2 aromatic rings. The predicted octanol–water partition coefficient (Wildman–Crippen LogP) is 2.81. The molecule has 3 rings (SSSR count). The van der Waals surface area contributed by atoms with Gasteiger partial charge in [0.15, 0.2) is 0 Å². The molecule has 24 heavy (non-hydrogen) atoms. The minimum atomic E-state index is -0.261. The molecule has 1 fully saturated rings. The number of aromatic nitrogens is 2. The smallest absolute Gasteiger partial charge is 0.323 e. The van der Waals surface area contributed by atoms with Crippen molar-refractivity contribution in [2.75, 3.05) is 30.9 Å². The van der Waals surface area contributed by atoms with Crippen LogP contribution in [0.5, 0.6) is 0 Å². The van der Waals surface area contributed by atoms with Crippen molar-refractivity contribution in [3.8, 4) is 0 Å². The van der Waals surface area contributed by atoms with Gasteiger partial charge in [-0.3, -0.25) is 10.1 Å². The van der Waals surface area contributed by atoms with Gasteiger partial charge in [-0.25, -0.2) is 4.79 Å². The Kier molecular flexibility index (Phi) is 4.68. The molecule has 1 saturated heterocycles. The number of nitrogens with zero attached hydrogens (tertiary/aromatic N) is 4. The van der Waals surface area contributed by atoms with Crippen molar-refractivity contribution in [2.24, 2.45) is 0 Å². The van der Waals surface area contributed by atoms with Gasteiger partial charge in [0, 0.05) is 43.7 Å². The maximum absolute atomic E-state index is 12.3. The summed E-state index contributed by atoms with van der Waals surface area (Å²) in [4.78, 5) is 27.1. The highest BCUT2D eigenvalue weighted by atomic mass is 35.5. The number of hydrogen-bond donors (Lipinski definition) is 1. The number of benzene rings is 1. The Balaban J connectivity index is 1.71. The van der Waals surface area contributed by atoms with Gasteiger partial charge in [0.05, 0.1) is 0 Å². The molecule has 1 aromatic carbocycles. The van der Waals surface area contributed by atoms with Gasteiger partial charge in [0.2, 0.25) is 11.0 Å². The summed E-state index contributed by atoms with van der Waals surface area (Å²) in [6.07, 6.45) is 0.374. The van der Waals surface area contributed by atoms with Crippen molar-refractivity contribution in [3.05, 3.63) is 34.3 Å². The Morgan fingerprint density at radius 3 is 2.71 bits per heavy atom. The number of nitrogens with one attached hydrogen (secondary N) is 1. The van der Waals surface area contributed by atoms with Crippen molar-refractivity contribution in [1.82, 2.24) is 15.1 Å². The third-order valence-electron chi connectivity index (χ3n) is 3.67. The molecule has 0 bridgehead atoms. The third-order valence-corrected chi connectivity index (χ3v) is 4.93. The van der Waals surface area contributed by atoms with Crippen LogP contribution < -0.4 is 10.2 Å². The number of urea groups is 1. The number of carbonyl (C=O) groups excluding carboxylic acids is 2. The average Bonchev–Trinajstić information content (AvgIpc) is 3.15. The lowest BCUT2D eigenvalue weighted by molar-refractivity contribution is -0.117. The van der Waals surface area contributed by atoms with Gasteiger partial charge in [-0.2, -0.15) is 0 Å². The van der Waals surface area contributed by atoms with E-state index in [-0.39, 0.29) is 17.9 Å². The first-order chi connectivity index (χ1) is 11.4. The summed E-state index contributed by atoms with van der Waals surface area (Å²) in [6, 6.07) is 6.91. The van der Waals surface area contributed by atoms with Gasteiger partial charge in [0.1, 0.15) is 5.01 Å². The van der Waals surface area contributed by atoms with Crippen molar-refractivity contribution < 1.29 is 9.59 Å². The largest absolute Gasteiger partial charge is 0.331 e. The molecule has 1 N–H and O–H groups in total. The quantitative estimate of drug-likeness (QED) is 0.907. The zero-order valence-electron chi connectivity index (χ0n) is 13.2. The van der Waals surface area contributed by atoms with E-state index < -0.39 is 0 Å². The molecule has 0 saturated carbocycles. The minimum Gasteiger partial charge on any atom is -0.331 e. The number of amides is 3. The highest BCUT2D eigenvalue weighted by molar-refractivity contribution is 7.15. The maximum Gasteiger partial charge on any atom is 0.323 e. The van der Waals surface area contributed by atoms with Gasteiger partial charge < -0.3 is 9.80 Å². The number of carbonyl (C=O) groups is 2. The molecule has 1 aromatic heterocycles. The van der Waals surface area contributed by atoms with Gasteiger partial charge in [-0.15, -0.1) is 10.2 Å². The third kappa shape index (κ3) is 3.49. The van der Waals surface area contributed by atoms with Crippen LogP contribution in [-0.4, -0.2) is 47.7 Å². The molecule has 7 nitrogen and oxygen atoms in total. The number of rotatable bonds is 3. The molecule has 1 unspecified atom stereocenters. The fourth-order valence-electron chi connectivity index (χ4n) is 2.40. The van der Waals surface area contributed by atoms with Crippen LogP contribution >= 0.6 is 22.9 Å². The first kappa shape index (κ1) is 16.7. The monoisotopic (exact) mass is 365 g/mol. The van der Waals surface area contributed by atoms with E-state index >= 15 is 0 Å². The number of halogens is 1.